The van der Waals surface area contributed by atoms with Crippen LogP contribution in [0, 0.1) is 0 Å². The number of amides is 1. The summed E-state index contributed by atoms with van der Waals surface area (Å²) >= 11 is 4.13. The fraction of sp³-hybridized carbons (Fsp3) is 0.158. The third-order valence-electron chi connectivity index (χ3n) is 3.58. The van der Waals surface area contributed by atoms with Crippen LogP contribution in [0.3, 0.4) is 0 Å². The van der Waals surface area contributed by atoms with E-state index in [1.807, 2.05) is 30.3 Å². The lowest BCUT2D eigenvalue weighted by atomic mass is 10.1. The van der Waals surface area contributed by atoms with E-state index >= 15 is 0 Å². The zero-order valence-corrected chi connectivity index (χ0v) is 17.7. The summed E-state index contributed by atoms with van der Waals surface area (Å²) in [5, 5.41) is 11.7. The van der Waals surface area contributed by atoms with Crippen LogP contribution in [0.2, 0.25) is 0 Å². The van der Waals surface area contributed by atoms with E-state index in [1.54, 1.807) is 11.8 Å². The molecule has 0 radical (unpaired) electrons. The Balaban J connectivity index is 1.45. The van der Waals surface area contributed by atoms with Gasteiger partial charge in [0.05, 0.1) is 17.5 Å². The van der Waals surface area contributed by atoms with Crippen molar-refractivity contribution in [3.8, 4) is 0 Å². The first-order valence-corrected chi connectivity index (χ1v) is 11.3. The Labute approximate surface area is 183 Å². The van der Waals surface area contributed by atoms with Gasteiger partial charge in [-0.3, -0.25) is 4.79 Å². The number of rotatable bonds is 8. The Bertz CT molecular complexity index is 1010. The third-order valence-corrected chi connectivity index (χ3v) is 6.84. The molecule has 0 fully saturated rings. The first-order valence-electron chi connectivity index (χ1n) is 8.53. The van der Waals surface area contributed by atoms with Crippen molar-refractivity contribution in [3.63, 3.8) is 0 Å². The lowest BCUT2D eigenvalue weighted by molar-refractivity contribution is -0.137. The molecule has 0 aliphatic heterocycles. The van der Waals surface area contributed by atoms with E-state index in [0.29, 0.717) is 4.34 Å². The SMILES string of the molecule is O=C(CSc1nnc(SCc2ccccc2)s1)N/N=C/c1ccccc1C(F)(F)F. The molecule has 0 bridgehead atoms. The van der Waals surface area contributed by atoms with Crippen LogP contribution >= 0.6 is 34.9 Å². The van der Waals surface area contributed by atoms with Gasteiger partial charge in [-0.05, 0) is 11.6 Å². The predicted octanol–water partition coefficient (Wildman–Crippen LogP) is 5.09. The van der Waals surface area contributed by atoms with Crippen LogP contribution < -0.4 is 5.43 Å². The fourth-order valence-electron chi connectivity index (χ4n) is 2.23. The first kappa shape index (κ1) is 22.3. The summed E-state index contributed by atoms with van der Waals surface area (Å²) < 4.78 is 40.2. The largest absolute Gasteiger partial charge is 0.417 e. The van der Waals surface area contributed by atoms with Crippen LogP contribution in [-0.4, -0.2) is 28.1 Å². The Hall–Kier alpha value is -2.37. The number of halogens is 3. The standard InChI is InChI=1S/C19H15F3N4OS3/c20-19(21,22)15-9-5-4-8-14(15)10-23-24-16(27)12-29-18-26-25-17(30-18)28-11-13-6-2-1-3-7-13/h1-10H,11-12H2,(H,24,27)/b23-10+. The number of carbonyl (C=O) groups is 1. The number of aromatic nitrogens is 2. The molecule has 1 N–H and O–H groups in total. The number of thioether (sulfide) groups is 2. The van der Waals surface area contributed by atoms with Gasteiger partial charge in [0.1, 0.15) is 0 Å². The average molecular weight is 469 g/mol. The Morgan fingerprint density at radius 3 is 2.43 bits per heavy atom. The van der Waals surface area contributed by atoms with Crippen LogP contribution in [-0.2, 0) is 16.7 Å². The van der Waals surface area contributed by atoms with E-state index in [4.69, 9.17) is 0 Å². The van der Waals surface area contributed by atoms with Gasteiger partial charge in [0.25, 0.3) is 5.91 Å². The van der Waals surface area contributed by atoms with Gasteiger partial charge in [-0.15, -0.1) is 10.2 Å². The minimum atomic E-state index is -4.49. The zero-order chi connectivity index (χ0) is 21.4. The minimum Gasteiger partial charge on any atom is -0.272 e. The summed E-state index contributed by atoms with van der Waals surface area (Å²) in [4.78, 5) is 11.9. The summed E-state index contributed by atoms with van der Waals surface area (Å²) in [6.45, 7) is 0. The molecule has 0 aliphatic carbocycles. The van der Waals surface area contributed by atoms with Crippen LogP contribution in [0.4, 0.5) is 13.2 Å². The van der Waals surface area contributed by atoms with Gasteiger partial charge in [0, 0.05) is 11.3 Å². The van der Waals surface area contributed by atoms with E-state index in [9.17, 15) is 18.0 Å². The highest BCUT2D eigenvalue weighted by molar-refractivity contribution is 8.03. The summed E-state index contributed by atoms with van der Waals surface area (Å²) in [7, 11) is 0. The van der Waals surface area contributed by atoms with Crippen molar-refractivity contribution in [2.75, 3.05) is 5.75 Å². The Morgan fingerprint density at radius 2 is 1.70 bits per heavy atom. The van der Waals surface area contributed by atoms with Crippen molar-refractivity contribution in [1.29, 1.82) is 0 Å². The molecule has 2 aromatic carbocycles. The normalized spacial score (nSPS) is 11.7. The molecule has 0 saturated carbocycles. The van der Waals surface area contributed by atoms with Gasteiger partial charge < -0.3 is 0 Å². The molecule has 3 aromatic rings. The second kappa shape index (κ2) is 10.6. The number of carbonyl (C=O) groups excluding carboxylic acids is 1. The van der Waals surface area contributed by atoms with Crippen LogP contribution in [0.5, 0.6) is 0 Å². The molecule has 0 aliphatic rings. The molecule has 5 nitrogen and oxygen atoms in total. The summed E-state index contributed by atoms with van der Waals surface area (Å²) in [6.07, 6.45) is -3.51. The van der Waals surface area contributed by atoms with Crippen LogP contribution in [0.15, 0.2) is 68.4 Å². The van der Waals surface area contributed by atoms with E-state index in [0.717, 1.165) is 22.4 Å². The quantitative estimate of drug-likeness (QED) is 0.283. The van der Waals surface area contributed by atoms with Crippen molar-refractivity contribution in [2.45, 2.75) is 20.6 Å². The summed E-state index contributed by atoms with van der Waals surface area (Å²) in [6, 6.07) is 15.0. The summed E-state index contributed by atoms with van der Waals surface area (Å²) in [5.74, 6) is 0.347. The monoisotopic (exact) mass is 468 g/mol. The average Bonchev–Trinajstić information content (AvgIpc) is 3.19. The van der Waals surface area contributed by atoms with Crippen molar-refractivity contribution >= 4 is 47.0 Å². The fourth-order valence-corrected chi connectivity index (χ4v) is 5.00. The number of alkyl halides is 3. The maximum atomic E-state index is 12.9. The van der Waals surface area contributed by atoms with Gasteiger partial charge >= 0.3 is 6.18 Å². The van der Waals surface area contributed by atoms with Crippen LogP contribution in [0.25, 0.3) is 0 Å². The molecule has 3 rings (SSSR count). The van der Waals surface area contributed by atoms with E-state index in [2.05, 4.69) is 20.7 Å². The van der Waals surface area contributed by atoms with E-state index < -0.39 is 17.6 Å². The van der Waals surface area contributed by atoms with Gasteiger partial charge in [0.15, 0.2) is 8.68 Å². The lowest BCUT2D eigenvalue weighted by Gasteiger charge is -2.09. The molecule has 0 saturated heterocycles. The molecule has 1 amide bonds. The topological polar surface area (TPSA) is 67.2 Å². The molecule has 0 spiro atoms. The smallest absolute Gasteiger partial charge is 0.272 e. The molecule has 1 aromatic heterocycles. The van der Waals surface area contributed by atoms with Gasteiger partial charge in [-0.25, -0.2) is 5.43 Å². The molecule has 0 unspecified atom stereocenters. The van der Waals surface area contributed by atoms with Crippen molar-refractivity contribution in [1.82, 2.24) is 15.6 Å². The number of nitrogens with zero attached hydrogens (tertiary/aromatic N) is 3. The van der Waals surface area contributed by atoms with Crippen molar-refractivity contribution in [3.05, 3.63) is 71.3 Å². The number of hydrogen-bond acceptors (Lipinski definition) is 7. The van der Waals surface area contributed by atoms with E-state index in [-0.39, 0.29) is 11.3 Å². The van der Waals surface area contributed by atoms with Gasteiger partial charge in [-0.1, -0.05) is 83.4 Å². The highest BCUT2D eigenvalue weighted by Crippen LogP contribution is 2.31. The zero-order valence-electron chi connectivity index (χ0n) is 15.3. The Morgan fingerprint density at radius 1 is 1.03 bits per heavy atom. The Kier molecular flexibility index (Phi) is 7.88. The second-order valence-corrected chi connectivity index (χ2v) is 9.20. The number of benzene rings is 2. The third kappa shape index (κ3) is 6.85. The molecule has 0 atom stereocenters. The number of hydrazone groups is 1. The molecule has 1 heterocycles. The van der Waals surface area contributed by atoms with E-state index in [1.165, 1.54) is 46.9 Å². The van der Waals surface area contributed by atoms with Gasteiger partial charge in [-0.2, -0.15) is 18.3 Å². The van der Waals surface area contributed by atoms with Crippen molar-refractivity contribution in [2.24, 2.45) is 5.10 Å². The number of hydrogen-bond donors (Lipinski definition) is 1. The number of nitrogens with one attached hydrogen (secondary N) is 1. The highest BCUT2D eigenvalue weighted by atomic mass is 32.2. The molecule has 156 valence electrons. The maximum Gasteiger partial charge on any atom is 0.417 e. The second-order valence-electron chi connectivity index (χ2n) is 5.78. The highest BCUT2D eigenvalue weighted by Gasteiger charge is 2.32. The summed E-state index contributed by atoms with van der Waals surface area (Å²) in [5.41, 5.74) is 2.47. The minimum absolute atomic E-state index is 0.0241. The molecule has 11 heteroatoms. The first-order chi connectivity index (χ1) is 14.4. The maximum absolute atomic E-state index is 12.9. The molecule has 30 heavy (non-hydrogen) atoms. The molecular weight excluding hydrogens is 453 g/mol. The van der Waals surface area contributed by atoms with Crippen molar-refractivity contribution < 1.29 is 18.0 Å². The molecular formula is C19H15F3N4OS3. The van der Waals surface area contributed by atoms with Gasteiger partial charge in [0.2, 0.25) is 0 Å². The predicted molar refractivity (Wildman–Crippen MR) is 114 cm³/mol. The van der Waals surface area contributed by atoms with Crippen LogP contribution in [0.1, 0.15) is 16.7 Å². The lowest BCUT2D eigenvalue weighted by Crippen LogP contribution is -2.20.